The van der Waals surface area contributed by atoms with Crippen molar-refractivity contribution in [3.8, 4) is 0 Å². The largest absolute Gasteiger partial charge is 0.356 e. The first kappa shape index (κ1) is 12.6. The molecule has 0 saturated carbocycles. The minimum absolute atomic E-state index is 0.147. The molecule has 2 aromatic heterocycles. The molecule has 6 nitrogen and oxygen atoms in total. The number of hydrogen-bond donors (Lipinski definition) is 0. The van der Waals surface area contributed by atoms with E-state index in [0.717, 1.165) is 19.3 Å². The second kappa shape index (κ2) is 4.94. The van der Waals surface area contributed by atoms with Crippen LogP contribution in [-0.2, 0) is 11.3 Å². The highest BCUT2D eigenvalue weighted by Crippen LogP contribution is 2.24. The Morgan fingerprint density at radius 1 is 1.53 bits per heavy atom. The molecule has 0 aliphatic carbocycles. The molecule has 0 amide bonds. The fourth-order valence-corrected chi connectivity index (χ4v) is 2.67. The fraction of sp³-hybridized carbons (Fsp3) is 0.583. The summed E-state index contributed by atoms with van der Waals surface area (Å²) >= 11 is 6.05. The monoisotopic (exact) mass is 282 g/mol. The van der Waals surface area contributed by atoms with Crippen molar-refractivity contribution >= 4 is 22.6 Å². The van der Waals surface area contributed by atoms with Crippen LogP contribution in [0.15, 0.2) is 11.0 Å². The van der Waals surface area contributed by atoms with Crippen LogP contribution in [0.4, 0.5) is 0 Å². The predicted octanol–water partition coefficient (Wildman–Crippen LogP) is 1.97. The highest BCUT2D eigenvalue weighted by atomic mass is 35.5. The van der Waals surface area contributed by atoms with Crippen molar-refractivity contribution in [2.75, 3.05) is 6.61 Å². The first-order valence-electron chi connectivity index (χ1n) is 6.47. The molecule has 7 heteroatoms. The van der Waals surface area contributed by atoms with Crippen LogP contribution in [-0.4, -0.2) is 25.9 Å². The minimum Gasteiger partial charge on any atom is -0.356 e. The molecule has 0 aromatic carbocycles. The van der Waals surface area contributed by atoms with Gasteiger partial charge >= 0.3 is 0 Å². The molecule has 3 rings (SSSR count). The average Bonchev–Trinajstić information content (AvgIpc) is 2.84. The van der Waals surface area contributed by atoms with Gasteiger partial charge in [-0.1, -0.05) is 0 Å². The SMILES string of the molecule is CCn1c(Cl)nc2c(cnn2C2CCCCO2)c1=O. The lowest BCUT2D eigenvalue weighted by Crippen LogP contribution is -2.23. The average molecular weight is 283 g/mol. The van der Waals surface area contributed by atoms with E-state index in [1.807, 2.05) is 6.92 Å². The van der Waals surface area contributed by atoms with Crippen LogP contribution < -0.4 is 5.56 Å². The van der Waals surface area contributed by atoms with Gasteiger partial charge in [0.15, 0.2) is 11.9 Å². The van der Waals surface area contributed by atoms with Crippen molar-refractivity contribution in [1.82, 2.24) is 19.3 Å². The van der Waals surface area contributed by atoms with Gasteiger partial charge in [0.1, 0.15) is 5.39 Å². The van der Waals surface area contributed by atoms with Crippen molar-refractivity contribution in [2.45, 2.75) is 39.0 Å². The molecule has 19 heavy (non-hydrogen) atoms. The van der Waals surface area contributed by atoms with E-state index in [-0.39, 0.29) is 17.1 Å². The summed E-state index contributed by atoms with van der Waals surface area (Å²) in [4.78, 5) is 16.5. The smallest absolute Gasteiger partial charge is 0.265 e. The van der Waals surface area contributed by atoms with E-state index >= 15 is 0 Å². The molecule has 3 heterocycles. The number of fused-ring (bicyclic) bond motifs is 1. The molecule has 1 aliphatic heterocycles. The highest BCUT2D eigenvalue weighted by Gasteiger charge is 2.21. The molecule has 0 radical (unpaired) electrons. The summed E-state index contributed by atoms with van der Waals surface area (Å²) in [6, 6.07) is 0. The van der Waals surface area contributed by atoms with Crippen molar-refractivity contribution in [2.24, 2.45) is 0 Å². The van der Waals surface area contributed by atoms with E-state index in [2.05, 4.69) is 10.1 Å². The maximum atomic E-state index is 12.2. The molecular formula is C12H15ClN4O2. The maximum Gasteiger partial charge on any atom is 0.265 e. The van der Waals surface area contributed by atoms with E-state index in [1.165, 1.54) is 4.57 Å². The summed E-state index contributed by atoms with van der Waals surface area (Å²) in [6.45, 7) is 3.06. The van der Waals surface area contributed by atoms with E-state index in [9.17, 15) is 4.79 Å². The zero-order valence-electron chi connectivity index (χ0n) is 10.7. The number of halogens is 1. The number of ether oxygens (including phenoxy) is 1. The third-order valence-corrected chi connectivity index (χ3v) is 3.70. The first-order valence-corrected chi connectivity index (χ1v) is 6.85. The summed E-state index contributed by atoms with van der Waals surface area (Å²) in [5.41, 5.74) is 0.353. The number of aromatic nitrogens is 4. The Kier molecular flexibility index (Phi) is 3.28. The van der Waals surface area contributed by atoms with Gasteiger partial charge in [0.25, 0.3) is 5.56 Å². The van der Waals surface area contributed by atoms with Gasteiger partial charge in [0.05, 0.1) is 6.20 Å². The van der Waals surface area contributed by atoms with Gasteiger partial charge < -0.3 is 4.74 Å². The second-order valence-electron chi connectivity index (χ2n) is 4.58. The first-order chi connectivity index (χ1) is 9.22. The Hall–Kier alpha value is -1.40. The van der Waals surface area contributed by atoms with Crippen LogP contribution in [0, 0.1) is 0 Å². The highest BCUT2D eigenvalue weighted by molar-refractivity contribution is 6.28. The van der Waals surface area contributed by atoms with Crippen LogP contribution in [0.2, 0.25) is 5.28 Å². The number of nitrogens with zero attached hydrogens (tertiary/aromatic N) is 4. The minimum atomic E-state index is -0.153. The van der Waals surface area contributed by atoms with Crippen LogP contribution in [0.3, 0.4) is 0 Å². The van der Waals surface area contributed by atoms with E-state index in [4.69, 9.17) is 16.3 Å². The van der Waals surface area contributed by atoms with Gasteiger partial charge in [-0.05, 0) is 37.8 Å². The lowest BCUT2D eigenvalue weighted by Gasteiger charge is -2.23. The van der Waals surface area contributed by atoms with Crippen LogP contribution in [0.1, 0.15) is 32.4 Å². The summed E-state index contributed by atoms with van der Waals surface area (Å²) in [6.07, 6.45) is 4.43. The summed E-state index contributed by atoms with van der Waals surface area (Å²) in [5, 5.41) is 4.93. The molecule has 0 N–H and O–H groups in total. The van der Waals surface area contributed by atoms with E-state index in [0.29, 0.717) is 24.2 Å². The Morgan fingerprint density at radius 2 is 2.37 bits per heavy atom. The van der Waals surface area contributed by atoms with Crippen LogP contribution in [0.25, 0.3) is 11.0 Å². The fourth-order valence-electron chi connectivity index (χ4n) is 2.40. The third kappa shape index (κ3) is 2.04. The Morgan fingerprint density at radius 3 is 3.05 bits per heavy atom. The number of hydrogen-bond acceptors (Lipinski definition) is 4. The van der Waals surface area contributed by atoms with Crippen molar-refractivity contribution in [1.29, 1.82) is 0 Å². The number of rotatable bonds is 2. The lowest BCUT2D eigenvalue weighted by atomic mass is 10.2. The van der Waals surface area contributed by atoms with Gasteiger partial charge in [-0.2, -0.15) is 10.1 Å². The lowest BCUT2D eigenvalue weighted by molar-refractivity contribution is -0.0370. The van der Waals surface area contributed by atoms with Crippen molar-refractivity contribution < 1.29 is 4.74 Å². The van der Waals surface area contributed by atoms with Gasteiger partial charge in [0.2, 0.25) is 5.28 Å². The van der Waals surface area contributed by atoms with Crippen LogP contribution in [0.5, 0.6) is 0 Å². The van der Waals surface area contributed by atoms with Gasteiger partial charge in [-0.3, -0.25) is 9.36 Å². The molecule has 102 valence electrons. The summed E-state index contributed by atoms with van der Waals surface area (Å²) < 4.78 is 8.77. The Bertz CT molecular complexity index is 658. The van der Waals surface area contributed by atoms with Crippen LogP contribution >= 0.6 is 11.6 Å². The molecule has 1 saturated heterocycles. The zero-order chi connectivity index (χ0) is 13.4. The predicted molar refractivity (Wildman–Crippen MR) is 71.3 cm³/mol. The van der Waals surface area contributed by atoms with E-state index < -0.39 is 0 Å². The quantitative estimate of drug-likeness (QED) is 0.790. The standard InChI is InChI=1S/C12H15ClN4O2/c1-2-16-11(18)8-7-14-17(10(8)15-12(16)13)9-5-3-4-6-19-9/h7,9H,2-6H2,1H3. The molecule has 0 bridgehead atoms. The van der Waals surface area contributed by atoms with Gasteiger partial charge in [-0.25, -0.2) is 4.68 Å². The van der Waals surface area contributed by atoms with Crippen molar-refractivity contribution in [3.63, 3.8) is 0 Å². The normalized spacial score (nSPS) is 20.0. The Labute approximate surface area is 114 Å². The summed E-state index contributed by atoms with van der Waals surface area (Å²) in [7, 11) is 0. The third-order valence-electron chi connectivity index (χ3n) is 3.41. The van der Waals surface area contributed by atoms with Gasteiger partial charge in [0, 0.05) is 13.2 Å². The van der Waals surface area contributed by atoms with Gasteiger partial charge in [-0.15, -0.1) is 0 Å². The second-order valence-corrected chi connectivity index (χ2v) is 4.92. The molecular weight excluding hydrogens is 268 g/mol. The molecule has 1 fully saturated rings. The molecule has 1 aliphatic rings. The molecule has 2 aromatic rings. The van der Waals surface area contributed by atoms with Crippen molar-refractivity contribution in [3.05, 3.63) is 21.8 Å². The molecule has 1 unspecified atom stereocenters. The van der Waals surface area contributed by atoms with E-state index in [1.54, 1.807) is 10.9 Å². The summed E-state index contributed by atoms with van der Waals surface area (Å²) in [5.74, 6) is 0. The molecule has 0 spiro atoms. The topological polar surface area (TPSA) is 61.9 Å². The molecule has 1 atom stereocenters. The zero-order valence-corrected chi connectivity index (χ0v) is 11.4. The Balaban J connectivity index is 2.15. The maximum absolute atomic E-state index is 12.2.